The number of nitro benzene ring substituents is 1. The van der Waals surface area contributed by atoms with Crippen LogP contribution < -0.4 is 14.8 Å². The van der Waals surface area contributed by atoms with Crippen LogP contribution in [0.25, 0.3) is 0 Å². The molecule has 0 radical (unpaired) electrons. The monoisotopic (exact) mass is 406 g/mol. The number of ether oxygens (including phenoxy) is 3. The van der Waals surface area contributed by atoms with E-state index in [0.717, 1.165) is 12.1 Å². The number of methoxy groups -OCH3 is 1. The van der Waals surface area contributed by atoms with Crippen LogP contribution in [0, 0.1) is 15.9 Å². The van der Waals surface area contributed by atoms with Gasteiger partial charge >= 0.3 is 5.97 Å². The number of carbonyl (C=O) groups is 2. The first-order valence-corrected chi connectivity index (χ1v) is 8.53. The largest absolute Gasteiger partial charge is 0.493 e. The second-order valence-electron chi connectivity index (χ2n) is 5.69. The topological polar surface area (TPSA) is 117 Å². The molecule has 2 rings (SSSR count). The van der Waals surface area contributed by atoms with Crippen molar-refractivity contribution in [3.63, 3.8) is 0 Å². The Hall–Kier alpha value is -3.69. The highest BCUT2D eigenvalue weighted by Gasteiger charge is 2.26. The average Bonchev–Trinajstić information content (AvgIpc) is 2.71. The van der Waals surface area contributed by atoms with Gasteiger partial charge in [-0.05, 0) is 24.6 Å². The lowest BCUT2D eigenvalue weighted by Crippen LogP contribution is -2.28. The number of esters is 1. The molecule has 0 aliphatic carbocycles. The molecule has 10 heteroatoms. The van der Waals surface area contributed by atoms with Crippen LogP contribution in [-0.2, 0) is 16.1 Å². The van der Waals surface area contributed by atoms with Gasteiger partial charge in [-0.1, -0.05) is 12.1 Å². The zero-order chi connectivity index (χ0) is 21.4. The van der Waals surface area contributed by atoms with Gasteiger partial charge < -0.3 is 19.5 Å². The van der Waals surface area contributed by atoms with E-state index < -0.39 is 34.9 Å². The number of halogens is 1. The molecule has 29 heavy (non-hydrogen) atoms. The van der Waals surface area contributed by atoms with Crippen molar-refractivity contribution in [1.82, 2.24) is 5.32 Å². The molecule has 0 aliphatic heterocycles. The van der Waals surface area contributed by atoms with Crippen molar-refractivity contribution >= 4 is 17.6 Å². The van der Waals surface area contributed by atoms with E-state index in [0.29, 0.717) is 5.56 Å². The molecule has 0 spiro atoms. The van der Waals surface area contributed by atoms with Gasteiger partial charge in [0.25, 0.3) is 11.6 Å². The molecule has 0 bridgehead atoms. The summed E-state index contributed by atoms with van der Waals surface area (Å²) in [5.41, 5.74) is -0.259. The van der Waals surface area contributed by atoms with E-state index in [2.05, 4.69) is 5.32 Å². The third-order valence-corrected chi connectivity index (χ3v) is 3.74. The average molecular weight is 406 g/mol. The summed E-state index contributed by atoms with van der Waals surface area (Å²) in [6, 6.07) is 7.68. The molecule has 0 unspecified atom stereocenters. The Balaban J connectivity index is 2.04. The van der Waals surface area contributed by atoms with Gasteiger partial charge in [-0.25, -0.2) is 9.18 Å². The molecule has 154 valence electrons. The molecule has 0 atom stereocenters. The summed E-state index contributed by atoms with van der Waals surface area (Å²) in [5.74, 6) is -1.86. The summed E-state index contributed by atoms with van der Waals surface area (Å²) in [6.45, 7) is 1.39. The molecule has 0 fully saturated rings. The molecule has 0 saturated carbocycles. The lowest BCUT2D eigenvalue weighted by molar-refractivity contribution is -0.385. The van der Waals surface area contributed by atoms with Gasteiger partial charge in [-0.2, -0.15) is 0 Å². The molecule has 0 aromatic heterocycles. The number of nitrogens with zero attached hydrogens (tertiary/aromatic N) is 1. The van der Waals surface area contributed by atoms with Crippen LogP contribution in [0.2, 0.25) is 0 Å². The molecule has 9 nitrogen and oxygen atoms in total. The maximum atomic E-state index is 12.9. The van der Waals surface area contributed by atoms with Crippen LogP contribution in [0.1, 0.15) is 22.8 Å². The van der Waals surface area contributed by atoms with Crippen LogP contribution in [0.5, 0.6) is 11.5 Å². The quantitative estimate of drug-likeness (QED) is 0.386. The first-order chi connectivity index (χ1) is 13.8. The molecular weight excluding hydrogens is 387 g/mol. The van der Waals surface area contributed by atoms with E-state index in [1.54, 1.807) is 6.92 Å². The Bertz CT molecular complexity index is 900. The highest BCUT2D eigenvalue weighted by atomic mass is 19.1. The Morgan fingerprint density at radius 2 is 1.86 bits per heavy atom. The Labute approximate surface area is 165 Å². The van der Waals surface area contributed by atoms with Gasteiger partial charge in [0.05, 0.1) is 24.7 Å². The van der Waals surface area contributed by atoms with E-state index >= 15 is 0 Å². The second-order valence-corrected chi connectivity index (χ2v) is 5.69. The minimum Gasteiger partial charge on any atom is -0.493 e. The van der Waals surface area contributed by atoms with Crippen molar-refractivity contribution in [2.75, 3.05) is 20.3 Å². The number of nitrogens with one attached hydrogen (secondary N) is 1. The predicted molar refractivity (Wildman–Crippen MR) is 99.3 cm³/mol. The lowest BCUT2D eigenvalue weighted by atomic mass is 10.1. The molecule has 0 saturated heterocycles. The SMILES string of the molecule is CCOc1cc([N+](=O)[O-])c(C(=O)OCC(=O)NCc2ccc(F)cc2)cc1OC. The summed E-state index contributed by atoms with van der Waals surface area (Å²) in [7, 11) is 1.32. The van der Waals surface area contributed by atoms with Gasteiger partial charge in [0.1, 0.15) is 11.4 Å². The predicted octanol–water partition coefficient (Wildman–Crippen LogP) is 2.61. The lowest BCUT2D eigenvalue weighted by Gasteiger charge is -2.11. The molecule has 2 aromatic rings. The smallest absolute Gasteiger partial charge is 0.345 e. The van der Waals surface area contributed by atoms with Crippen LogP contribution in [0.3, 0.4) is 0 Å². The standard InChI is InChI=1S/C19H19FN2O7/c1-3-28-17-9-15(22(25)26)14(8-16(17)27-2)19(24)29-11-18(23)21-10-12-4-6-13(20)7-5-12/h4-9H,3,10-11H2,1-2H3,(H,21,23). The molecule has 2 aromatic carbocycles. The van der Waals surface area contributed by atoms with Crippen LogP contribution in [0.15, 0.2) is 36.4 Å². The minimum atomic E-state index is -1.06. The third kappa shape index (κ3) is 5.89. The van der Waals surface area contributed by atoms with Crippen molar-refractivity contribution in [2.45, 2.75) is 13.5 Å². The highest BCUT2D eigenvalue weighted by molar-refractivity contribution is 5.96. The molecule has 0 heterocycles. The number of amides is 1. The highest BCUT2D eigenvalue weighted by Crippen LogP contribution is 2.35. The van der Waals surface area contributed by atoms with Crippen molar-refractivity contribution in [3.05, 3.63) is 63.5 Å². The molecular formula is C19H19FN2O7. The van der Waals surface area contributed by atoms with E-state index in [1.165, 1.54) is 31.4 Å². The van der Waals surface area contributed by atoms with Crippen LogP contribution >= 0.6 is 0 Å². The van der Waals surface area contributed by atoms with Crippen molar-refractivity contribution in [1.29, 1.82) is 0 Å². The van der Waals surface area contributed by atoms with Crippen molar-refractivity contribution in [2.24, 2.45) is 0 Å². The number of benzene rings is 2. The Morgan fingerprint density at radius 1 is 1.17 bits per heavy atom. The zero-order valence-electron chi connectivity index (χ0n) is 15.8. The molecule has 1 amide bonds. The Morgan fingerprint density at radius 3 is 2.45 bits per heavy atom. The van der Waals surface area contributed by atoms with Gasteiger partial charge in [0.2, 0.25) is 0 Å². The van der Waals surface area contributed by atoms with Crippen LogP contribution in [0.4, 0.5) is 10.1 Å². The summed E-state index contributed by atoms with van der Waals surface area (Å²) < 4.78 is 28.1. The van der Waals surface area contributed by atoms with Crippen molar-refractivity contribution in [3.8, 4) is 11.5 Å². The summed E-state index contributed by atoms with van der Waals surface area (Å²) in [5, 5.41) is 13.8. The van der Waals surface area contributed by atoms with Crippen LogP contribution in [-0.4, -0.2) is 37.1 Å². The fraction of sp³-hybridized carbons (Fsp3) is 0.263. The van der Waals surface area contributed by atoms with E-state index in [1.807, 2.05) is 0 Å². The van der Waals surface area contributed by atoms with E-state index in [9.17, 15) is 24.1 Å². The summed E-state index contributed by atoms with van der Waals surface area (Å²) >= 11 is 0. The number of nitro groups is 1. The minimum absolute atomic E-state index is 0.105. The summed E-state index contributed by atoms with van der Waals surface area (Å²) in [4.78, 5) is 34.7. The first-order valence-electron chi connectivity index (χ1n) is 8.53. The fourth-order valence-electron chi connectivity index (χ4n) is 2.35. The fourth-order valence-corrected chi connectivity index (χ4v) is 2.35. The maximum absolute atomic E-state index is 12.9. The summed E-state index contributed by atoms with van der Waals surface area (Å²) in [6.07, 6.45) is 0. The van der Waals surface area contributed by atoms with Gasteiger partial charge in [-0.15, -0.1) is 0 Å². The second kappa shape index (κ2) is 10.0. The number of hydrogen-bond donors (Lipinski definition) is 1. The Kier molecular flexibility index (Phi) is 7.47. The van der Waals surface area contributed by atoms with E-state index in [4.69, 9.17) is 14.2 Å². The number of rotatable bonds is 9. The van der Waals surface area contributed by atoms with E-state index in [-0.39, 0.29) is 30.2 Å². The normalized spacial score (nSPS) is 10.2. The third-order valence-electron chi connectivity index (χ3n) is 3.74. The number of hydrogen-bond acceptors (Lipinski definition) is 7. The van der Waals surface area contributed by atoms with Gasteiger partial charge in [-0.3, -0.25) is 14.9 Å². The molecule has 0 aliphatic rings. The first kappa shape index (κ1) is 21.6. The molecule has 1 N–H and O–H groups in total. The number of carbonyl (C=O) groups excluding carboxylic acids is 2. The maximum Gasteiger partial charge on any atom is 0.345 e. The van der Waals surface area contributed by atoms with Gasteiger partial charge in [0.15, 0.2) is 18.1 Å². The van der Waals surface area contributed by atoms with Gasteiger partial charge in [0, 0.05) is 12.6 Å². The zero-order valence-corrected chi connectivity index (χ0v) is 15.8. The van der Waals surface area contributed by atoms with Crippen molar-refractivity contribution < 1.29 is 33.1 Å².